The Morgan fingerprint density at radius 1 is 0.276 bits per heavy atom. The van der Waals surface area contributed by atoms with E-state index in [0.29, 0.717) is 0 Å². The van der Waals surface area contributed by atoms with Crippen LogP contribution >= 0.6 is 0 Å². The van der Waals surface area contributed by atoms with Crippen LogP contribution < -0.4 is 4.90 Å². The summed E-state index contributed by atoms with van der Waals surface area (Å²) < 4.78 is 6.51. The van der Waals surface area contributed by atoms with Gasteiger partial charge in [-0.3, -0.25) is 0 Å². The van der Waals surface area contributed by atoms with Crippen molar-refractivity contribution in [2.75, 3.05) is 4.90 Å². The summed E-state index contributed by atoms with van der Waals surface area (Å²) in [5.74, 6) is 0. The van der Waals surface area contributed by atoms with Gasteiger partial charge in [-0.1, -0.05) is 152 Å². The zero-order valence-corrected chi connectivity index (χ0v) is 31.4. The topological polar surface area (TPSA) is 16.4 Å². The third-order valence-corrected chi connectivity index (χ3v) is 12.5. The summed E-state index contributed by atoms with van der Waals surface area (Å²) in [6.07, 6.45) is 0. The second-order valence-electron chi connectivity index (χ2n) is 15.6. The minimum atomic E-state index is 0.871. The minimum absolute atomic E-state index is 0.871. The number of furan rings is 1. The van der Waals surface area contributed by atoms with Gasteiger partial charge in [-0.15, -0.1) is 0 Å². The molecule has 12 aromatic carbocycles. The van der Waals surface area contributed by atoms with Gasteiger partial charge in [0.25, 0.3) is 0 Å². The lowest BCUT2D eigenvalue weighted by Gasteiger charge is -2.27. The highest BCUT2D eigenvalue weighted by Crippen LogP contribution is 2.48. The van der Waals surface area contributed by atoms with E-state index in [0.717, 1.165) is 39.0 Å². The van der Waals surface area contributed by atoms with Crippen LogP contribution in [0.15, 0.2) is 205 Å². The normalized spacial score (nSPS) is 12.1. The van der Waals surface area contributed by atoms with Gasteiger partial charge in [0.15, 0.2) is 0 Å². The van der Waals surface area contributed by atoms with Crippen molar-refractivity contribution in [2.45, 2.75) is 0 Å². The van der Waals surface area contributed by atoms with E-state index in [1.165, 1.54) is 86.5 Å². The molecule has 0 atom stereocenters. The first-order valence-electron chi connectivity index (χ1n) is 20.0. The molecular weight excluding hydrogens is 703 g/mol. The molecule has 13 aromatic rings. The van der Waals surface area contributed by atoms with Crippen molar-refractivity contribution >= 4 is 114 Å². The number of hydrogen-bond acceptors (Lipinski definition) is 2. The van der Waals surface area contributed by atoms with Gasteiger partial charge in [0.2, 0.25) is 0 Å². The van der Waals surface area contributed by atoms with Crippen LogP contribution in [0.5, 0.6) is 0 Å². The third-order valence-electron chi connectivity index (χ3n) is 12.5. The van der Waals surface area contributed by atoms with Crippen LogP contribution in [0, 0.1) is 0 Å². The van der Waals surface area contributed by atoms with Gasteiger partial charge in [-0.05, 0) is 135 Å². The molecule has 0 saturated carbocycles. The van der Waals surface area contributed by atoms with Gasteiger partial charge >= 0.3 is 0 Å². The highest BCUT2D eigenvalue weighted by atomic mass is 16.3. The largest absolute Gasteiger partial charge is 0.456 e. The van der Waals surface area contributed by atoms with Gasteiger partial charge in [0.05, 0.1) is 11.1 Å². The molecule has 0 saturated heterocycles. The molecule has 58 heavy (non-hydrogen) atoms. The average Bonchev–Trinajstić information content (AvgIpc) is 3.67. The lowest BCUT2D eigenvalue weighted by molar-refractivity contribution is 0.669. The Bertz CT molecular complexity index is 3790. The predicted molar refractivity (Wildman–Crippen MR) is 248 cm³/mol. The Hall–Kier alpha value is -7.68. The van der Waals surface area contributed by atoms with Crippen LogP contribution in [0.3, 0.4) is 0 Å². The van der Waals surface area contributed by atoms with E-state index in [2.05, 4.69) is 199 Å². The monoisotopic (exact) mass is 735 g/mol. The summed E-state index contributed by atoms with van der Waals surface area (Å²) in [5.41, 5.74) is 7.38. The van der Waals surface area contributed by atoms with E-state index >= 15 is 0 Å². The highest BCUT2D eigenvalue weighted by molar-refractivity contribution is 6.37. The van der Waals surface area contributed by atoms with Crippen molar-refractivity contribution in [3.63, 3.8) is 0 Å². The van der Waals surface area contributed by atoms with E-state index < -0.39 is 0 Å². The molecule has 0 bridgehead atoms. The third kappa shape index (κ3) is 4.48. The maximum Gasteiger partial charge on any atom is 0.137 e. The maximum atomic E-state index is 6.51. The average molecular weight is 736 g/mol. The molecule has 1 aromatic heterocycles. The van der Waals surface area contributed by atoms with E-state index in [4.69, 9.17) is 4.42 Å². The zero-order chi connectivity index (χ0) is 37.9. The number of para-hydroxylation sites is 1. The molecule has 0 radical (unpaired) electrons. The number of benzene rings is 11. The van der Waals surface area contributed by atoms with E-state index in [1.807, 2.05) is 6.07 Å². The number of fused-ring (bicyclic) bond motifs is 6. The molecular formula is C56H33NO. The molecule has 0 spiro atoms. The Kier molecular flexibility index (Phi) is 6.47. The molecule has 0 unspecified atom stereocenters. The fraction of sp³-hybridized carbons (Fsp3) is 0. The van der Waals surface area contributed by atoms with Crippen LogP contribution in [0.1, 0.15) is 0 Å². The molecule has 0 aliphatic rings. The zero-order valence-electron chi connectivity index (χ0n) is 31.4. The van der Waals surface area contributed by atoms with Crippen molar-refractivity contribution in [2.24, 2.45) is 0 Å². The Morgan fingerprint density at radius 2 is 0.793 bits per heavy atom. The smallest absolute Gasteiger partial charge is 0.137 e. The van der Waals surface area contributed by atoms with Crippen molar-refractivity contribution in [3.8, 4) is 11.1 Å². The molecule has 1 heterocycles. The fourth-order valence-corrected chi connectivity index (χ4v) is 9.94. The molecule has 2 nitrogen and oxygen atoms in total. The summed E-state index contributed by atoms with van der Waals surface area (Å²) >= 11 is 0. The first-order valence-corrected chi connectivity index (χ1v) is 20.0. The van der Waals surface area contributed by atoms with Crippen molar-refractivity contribution < 1.29 is 4.42 Å². The Morgan fingerprint density at radius 3 is 1.52 bits per heavy atom. The van der Waals surface area contributed by atoms with Crippen molar-refractivity contribution in [1.29, 1.82) is 0 Å². The summed E-state index contributed by atoms with van der Waals surface area (Å²) in [7, 11) is 0. The Labute approximate surface area is 333 Å². The van der Waals surface area contributed by atoms with E-state index in [9.17, 15) is 0 Å². The molecule has 0 aliphatic carbocycles. The summed E-state index contributed by atoms with van der Waals surface area (Å²) in [6.45, 7) is 0. The molecule has 2 heteroatoms. The number of hydrogen-bond donors (Lipinski definition) is 0. The van der Waals surface area contributed by atoms with Crippen LogP contribution in [-0.2, 0) is 0 Å². The first kappa shape index (κ1) is 31.5. The van der Waals surface area contributed by atoms with Gasteiger partial charge in [0, 0.05) is 16.8 Å². The molecule has 13 rings (SSSR count). The maximum absolute atomic E-state index is 6.51. The second kappa shape index (κ2) is 11.9. The Balaban J connectivity index is 1.15. The molecule has 0 amide bonds. The van der Waals surface area contributed by atoms with Gasteiger partial charge in [-0.25, -0.2) is 0 Å². The van der Waals surface area contributed by atoms with Crippen LogP contribution in [-0.4, -0.2) is 0 Å². The number of nitrogens with zero attached hydrogens (tertiary/aromatic N) is 1. The van der Waals surface area contributed by atoms with Crippen LogP contribution in [0.4, 0.5) is 17.1 Å². The minimum Gasteiger partial charge on any atom is -0.456 e. The van der Waals surface area contributed by atoms with Crippen LogP contribution in [0.25, 0.3) is 108 Å². The number of anilines is 3. The SMILES string of the molecule is c1ccc2cc(-c3ccc(N(c4cc5ccc6cccc7c8cccc9ccc%10cccc(c(c4)c5c67)c%10c98)c4cccc5oc6ccccc6c45)cc3)ccc2c1. The van der Waals surface area contributed by atoms with E-state index in [-0.39, 0.29) is 0 Å². The molecule has 268 valence electrons. The molecule has 0 fully saturated rings. The van der Waals surface area contributed by atoms with Gasteiger partial charge in [0.1, 0.15) is 11.2 Å². The predicted octanol–water partition coefficient (Wildman–Crippen LogP) is 16.2. The van der Waals surface area contributed by atoms with Gasteiger partial charge < -0.3 is 9.32 Å². The standard InChI is InChI=1S/C56H33NO/c1-2-10-39-31-40(25-21-34(39)9-1)35-27-29-42(30-28-35)57(49-18-8-20-51-56(49)47-14-3-4-19-50(47)58-51)43-32-41-26-24-38-12-6-16-45-44-15-5-11-36-22-23-37-13-7-17-46(54(37)52(36)44)48(33-43)55(41)53(38)45/h1-33H. The first-order chi connectivity index (χ1) is 28.7. The molecule has 0 N–H and O–H groups in total. The quantitative estimate of drug-likeness (QED) is 0.167. The van der Waals surface area contributed by atoms with E-state index in [1.54, 1.807) is 0 Å². The summed E-state index contributed by atoms with van der Waals surface area (Å²) in [6, 6.07) is 73.6. The summed E-state index contributed by atoms with van der Waals surface area (Å²) in [4.78, 5) is 2.44. The second-order valence-corrected chi connectivity index (χ2v) is 15.6. The lowest BCUT2D eigenvalue weighted by Crippen LogP contribution is -2.10. The number of rotatable bonds is 4. The van der Waals surface area contributed by atoms with Crippen LogP contribution in [0.2, 0.25) is 0 Å². The van der Waals surface area contributed by atoms with Crippen molar-refractivity contribution in [3.05, 3.63) is 200 Å². The highest BCUT2D eigenvalue weighted by Gasteiger charge is 2.22. The fourth-order valence-electron chi connectivity index (χ4n) is 9.94. The van der Waals surface area contributed by atoms with Crippen molar-refractivity contribution in [1.82, 2.24) is 0 Å². The summed E-state index contributed by atoms with van der Waals surface area (Å²) in [5, 5.41) is 19.9. The lowest BCUT2D eigenvalue weighted by atomic mass is 9.87. The van der Waals surface area contributed by atoms with Gasteiger partial charge in [-0.2, -0.15) is 0 Å². The molecule has 0 aliphatic heterocycles.